The minimum atomic E-state index is -0.495. The van der Waals surface area contributed by atoms with Crippen LogP contribution < -0.4 is 11.1 Å². The molecule has 1 aliphatic rings. The van der Waals surface area contributed by atoms with Gasteiger partial charge in [-0.2, -0.15) is 0 Å². The molecule has 1 aliphatic heterocycles. The largest absolute Gasteiger partial charge is 0.466 e. The van der Waals surface area contributed by atoms with Gasteiger partial charge in [0.25, 0.3) is 0 Å². The van der Waals surface area contributed by atoms with Crippen LogP contribution in [0.3, 0.4) is 0 Å². The topological polar surface area (TPSA) is 106 Å². The molecule has 0 aromatic rings. The van der Waals surface area contributed by atoms with Gasteiger partial charge >= 0.3 is 12.0 Å². The van der Waals surface area contributed by atoms with Crippen molar-refractivity contribution in [3.05, 3.63) is 12.7 Å². The Morgan fingerprint density at radius 3 is 1.95 bits per heavy atom. The van der Waals surface area contributed by atoms with E-state index < -0.39 is 12.0 Å². The number of carbonyl (C=O) groups excluding carboxylic acids is 2. The van der Waals surface area contributed by atoms with Gasteiger partial charge in [0.05, 0.1) is 20.0 Å². The molecule has 8 nitrogen and oxygen atoms in total. The zero-order valence-electron chi connectivity index (χ0n) is 12.9. The molecular weight excluding hydrogens is 264 g/mol. The van der Waals surface area contributed by atoms with Gasteiger partial charge in [-0.3, -0.25) is 4.99 Å². The zero-order chi connectivity index (χ0) is 16.4. The van der Waals surface area contributed by atoms with Crippen molar-refractivity contribution in [1.82, 2.24) is 10.2 Å². The van der Waals surface area contributed by atoms with E-state index in [9.17, 15) is 9.59 Å². The number of urea groups is 1. The molecule has 3 N–H and O–H groups in total. The number of nitrogens with one attached hydrogen (secondary N) is 1. The van der Waals surface area contributed by atoms with Gasteiger partial charge < -0.3 is 25.4 Å². The Morgan fingerprint density at radius 2 is 1.90 bits per heavy atom. The first-order valence-electron chi connectivity index (χ1n) is 5.67. The van der Waals surface area contributed by atoms with E-state index in [2.05, 4.69) is 37.0 Å². The minimum Gasteiger partial charge on any atom is -0.466 e. The molecule has 0 bridgehead atoms. The van der Waals surface area contributed by atoms with Crippen LogP contribution in [0.5, 0.6) is 0 Å². The van der Waals surface area contributed by atoms with Crippen LogP contribution in [0.25, 0.3) is 0 Å². The van der Waals surface area contributed by atoms with Crippen molar-refractivity contribution >= 4 is 18.3 Å². The smallest absolute Gasteiger partial charge is 0.329 e. The van der Waals surface area contributed by atoms with Crippen molar-refractivity contribution in [3.63, 3.8) is 0 Å². The normalized spacial score (nSPS) is 10.6. The highest BCUT2D eigenvalue weighted by molar-refractivity contribution is 5.80. The molecule has 1 rings (SSSR count). The monoisotopic (exact) mass is 290 g/mol. The van der Waals surface area contributed by atoms with E-state index in [-0.39, 0.29) is 0 Å². The number of likely N-dealkylation sites (N-methyl/N-ethyl adjacent to an activating group) is 1. The first-order chi connectivity index (χ1) is 9.39. The number of carbonyl (C=O) groups is 2. The number of aliphatic imine (C=N–C) groups is 1. The second-order valence-corrected chi connectivity index (χ2v) is 3.25. The summed E-state index contributed by atoms with van der Waals surface area (Å²) in [5.74, 6) is -0.394. The number of nitrogens with zero attached hydrogens (tertiary/aromatic N) is 2. The molecule has 0 aliphatic carbocycles. The molecule has 0 aromatic carbocycles. The third-order valence-corrected chi connectivity index (χ3v) is 1.47. The van der Waals surface area contributed by atoms with Crippen LogP contribution in [0.1, 0.15) is 0 Å². The molecule has 0 radical (unpaired) electrons. The van der Waals surface area contributed by atoms with Gasteiger partial charge in [-0.15, -0.1) is 0 Å². The van der Waals surface area contributed by atoms with E-state index in [1.807, 2.05) is 13.4 Å². The summed E-state index contributed by atoms with van der Waals surface area (Å²) < 4.78 is 8.39. The number of primary amides is 1. The molecule has 0 spiro atoms. The Kier molecular flexibility index (Phi) is 22.2. The summed E-state index contributed by atoms with van der Waals surface area (Å²) in [6.07, 6.45) is 2.97. The molecule has 8 heteroatoms. The molecule has 0 fully saturated rings. The standard InChI is InChI=1S/C4H8N2.C4H6O2.C2H6N2O.C2H6O/c1-6-3-2-5-4-6;1-3-4(5)6-2;1-4-2(3)5;1-3-2/h4H,2-3H2,1H3;3H,1H2,2H3;1H3,(H3,3,4,5);1-2H3. The average Bonchev–Trinajstić information content (AvgIpc) is 2.91. The maximum Gasteiger partial charge on any atom is 0.329 e. The summed E-state index contributed by atoms with van der Waals surface area (Å²) in [6, 6.07) is -0.495. The molecule has 1 heterocycles. The van der Waals surface area contributed by atoms with Gasteiger partial charge in [0.2, 0.25) is 0 Å². The number of esters is 1. The lowest BCUT2D eigenvalue weighted by molar-refractivity contribution is -0.134. The number of hydrogen-bond acceptors (Lipinski definition) is 6. The van der Waals surface area contributed by atoms with Crippen LogP contribution in [0.4, 0.5) is 4.79 Å². The Bertz CT molecular complexity index is 283. The predicted octanol–water partition coefficient (Wildman–Crippen LogP) is -0.147. The average molecular weight is 290 g/mol. The Labute approximate surface area is 120 Å². The van der Waals surface area contributed by atoms with Gasteiger partial charge in [-0.05, 0) is 0 Å². The van der Waals surface area contributed by atoms with E-state index in [1.165, 1.54) is 14.2 Å². The highest BCUT2D eigenvalue weighted by Crippen LogP contribution is 1.84. The fraction of sp³-hybridized carbons (Fsp3) is 0.583. The first-order valence-corrected chi connectivity index (χ1v) is 5.67. The maximum absolute atomic E-state index is 9.84. The van der Waals surface area contributed by atoms with E-state index in [4.69, 9.17) is 0 Å². The minimum absolute atomic E-state index is 0.394. The lowest BCUT2D eigenvalue weighted by atomic mass is 10.6. The van der Waals surface area contributed by atoms with Crippen molar-refractivity contribution in [1.29, 1.82) is 0 Å². The summed E-state index contributed by atoms with van der Waals surface area (Å²) in [4.78, 5) is 25.4. The van der Waals surface area contributed by atoms with Gasteiger partial charge in [-0.1, -0.05) is 6.58 Å². The van der Waals surface area contributed by atoms with E-state index in [0.717, 1.165) is 19.2 Å². The van der Waals surface area contributed by atoms with Crippen LogP contribution in [-0.2, 0) is 14.3 Å². The maximum atomic E-state index is 9.84. The molecule has 0 aromatic heterocycles. The van der Waals surface area contributed by atoms with Gasteiger partial charge in [0.1, 0.15) is 0 Å². The molecule has 0 saturated carbocycles. The van der Waals surface area contributed by atoms with E-state index in [1.54, 1.807) is 14.2 Å². The molecule has 0 unspecified atom stereocenters. The second-order valence-electron chi connectivity index (χ2n) is 3.25. The number of rotatable bonds is 1. The van der Waals surface area contributed by atoms with Crippen LogP contribution in [0.2, 0.25) is 0 Å². The zero-order valence-corrected chi connectivity index (χ0v) is 12.9. The van der Waals surface area contributed by atoms with Gasteiger partial charge in [-0.25, -0.2) is 9.59 Å². The quantitative estimate of drug-likeness (QED) is 0.516. The van der Waals surface area contributed by atoms with Crippen molar-refractivity contribution in [2.24, 2.45) is 10.7 Å². The van der Waals surface area contributed by atoms with Gasteiger partial charge in [0, 0.05) is 40.9 Å². The fourth-order valence-electron chi connectivity index (χ4n) is 0.554. The lowest BCUT2D eigenvalue weighted by Crippen LogP contribution is -2.24. The van der Waals surface area contributed by atoms with Gasteiger partial charge in [0.15, 0.2) is 0 Å². The highest BCUT2D eigenvalue weighted by atomic mass is 16.5. The van der Waals surface area contributed by atoms with Crippen molar-refractivity contribution < 1.29 is 19.1 Å². The number of hydrogen-bond donors (Lipinski definition) is 2. The van der Waals surface area contributed by atoms with Crippen LogP contribution >= 0.6 is 0 Å². The Balaban J connectivity index is -0.000000199. The SMILES string of the molecule is C=CC(=O)OC.CN1C=NCC1.CNC(N)=O.COC. The molecule has 0 atom stereocenters. The highest BCUT2D eigenvalue weighted by Gasteiger charge is 1.94. The Morgan fingerprint density at radius 1 is 1.45 bits per heavy atom. The Hall–Kier alpha value is -2.09. The number of ether oxygens (including phenoxy) is 2. The number of methoxy groups -OCH3 is 2. The number of amides is 2. The summed E-state index contributed by atoms with van der Waals surface area (Å²) in [5.41, 5.74) is 4.54. The predicted molar refractivity (Wildman–Crippen MR) is 79.8 cm³/mol. The molecule has 0 saturated heterocycles. The fourth-order valence-corrected chi connectivity index (χ4v) is 0.554. The molecule has 20 heavy (non-hydrogen) atoms. The molecular formula is C12H26N4O4. The first kappa shape index (κ1) is 23.0. The number of nitrogens with two attached hydrogens (primary N) is 1. The van der Waals surface area contributed by atoms with E-state index >= 15 is 0 Å². The summed E-state index contributed by atoms with van der Waals surface area (Å²) in [7, 11) is 8.06. The van der Waals surface area contributed by atoms with Crippen molar-refractivity contribution in [3.8, 4) is 0 Å². The van der Waals surface area contributed by atoms with Crippen LogP contribution in [-0.4, -0.2) is 71.8 Å². The molecule has 2 amide bonds. The van der Waals surface area contributed by atoms with Crippen LogP contribution in [0, 0.1) is 0 Å². The summed E-state index contributed by atoms with van der Waals surface area (Å²) in [6.45, 7) is 5.24. The third kappa shape index (κ3) is 29.7. The lowest BCUT2D eigenvalue weighted by Gasteiger charge is -1.99. The van der Waals surface area contributed by atoms with Crippen molar-refractivity contribution in [2.45, 2.75) is 0 Å². The molecule has 118 valence electrons. The summed E-state index contributed by atoms with van der Waals surface area (Å²) >= 11 is 0. The summed E-state index contributed by atoms with van der Waals surface area (Å²) in [5, 5.41) is 2.17. The second kappa shape index (κ2) is 19.3. The third-order valence-electron chi connectivity index (χ3n) is 1.47. The van der Waals surface area contributed by atoms with Crippen LogP contribution in [0.15, 0.2) is 17.6 Å². The van der Waals surface area contributed by atoms with E-state index in [0.29, 0.717) is 0 Å². The van der Waals surface area contributed by atoms with Crippen molar-refractivity contribution in [2.75, 3.05) is 48.5 Å².